The maximum atomic E-state index is 13.5. The van der Waals surface area contributed by atoms with E-state index in [1.807, 2.05) is 13.8 Å². The summed E-state index contributed by atoms with van der Waals surface area (Å²) in [5, 5.41) is 10.5. The van der Waals surface area contributed by atoms with Gasteiger partial charge in [-0.3, -0.25) is 0 Å². The monoisotopic (exact) mass is 360 g/mol. The molecule has 3 saturated carbocycles. The van der Waals surface area contributed by atoms with Crippen LogP contribution >= 0.6 is 0 Å². The lowest BCUT2D eigenvalue weighted by Crippen LogP contribution is -2.64. The second-order valence-corrected chi connectivity index (χ2v) is 7.79. The first kappa shape index (κ1) is 18.3. The Kier molecular flexibility index (Phi) is 4.00. The third kappa shape index (κ3) is 2.04. The van der Waals surface area contributed by atoms with Gasteiger partial charge >= 0.3 is 12.4 Å². The van der Waals surface area contributed by atoms with Crippen molar-refractivity contribution in [3.63, 3.8) is 0 Å². The summed E-state index contributed by atoms with van der Waals surface area (Å²) >= 11 is 0. The van der Waals surface area contributed by atoms with Crippen LogP contribution in [0.1, 0.15) is 26.7 Å². The lowest BCUT2D eigenvalue weighted by atomic mass is 9.70. The van der Waals surface area contributed by atoms with Gasteiger partial charge in [0.1, 0.15) is 0 Å². The van der Waals surface area contributed by atoms with E-state index < -0.39 is 35.9 Å². The summed E-state index contributed by atoms with van der Waals surface area (Å²) in [4.78, 5) is 0. The smallest absolute Gasteiger partial charge is 0.392 e. The van der Waals surface area contributed by atoms with Crippen LogP contribution in [0.5, 0.6) is 0 Å². The molecule has 140 valence electrons. The molecule has 0 saturated heterocycles. The molecule has 8 heteroatoms. The highest BCUT2D eigenvalue weighted by atomic mass is 19.4. The fraction of sp³-hybridized carbons (Fsp3) is 1.00. The maximum Gasteiger partial charge on any atom is 0.426 e. The van der Waals surface area contributed by atoms with Gasteiger partial charge in [-0.25, -0.2) is 0 Å². The van der Waals surface area contributed by atoms with Gasteiger partial charge < -0.3 is 9.84 Å². The fourth-order valence-electron chi connectivity index (χ4n) is 6.11. The molecule has 0 radical (unpaired) electrons. The average Bonchev–Trinajstić information content (AvgIpc) is 3.03. The molecule has 3 aliphatic rings. The molecule has 0 spiro atoms. The number of hydrogen-bond donors (Lipinski definition) is 1. The van der Waals surface area contributed by atoms with Crippen LogP contribution in [0.15, 0.2) is 0 Å². The Balaban J connectivity index is 2.01. The molecule has 0 amide bonds. The fourth-order valence-corrected chi connectivity index (χ4v) is 6.11. The van der Waals surface area contributed by atoms with Crippen LogP contribution < -0.4 is 0 Å². The molecule has 8 unspecified atom stereocenters. The molecule has 3 fully saturated rings. The molecule has 3 aliphatic carbocycles. The van der Waals surface area contributed by atoms with E-state index in [4.69, 9.17) is 0 Å². The molecule has 24 heavy (non-hydrogen) atoms. The van der Waals surface area contributed by atoms with Gasteiger partial charge in [-0.1, -0.05) is 13.8 Å². The Hall–Kier alpha value is -0.500. The summed E-state index contributed by atoms with van der Waals surface area (Å²) in [6.45, 7) is 3.98. The van der Waals surface area contributed by atoms with E-state index in [9.17, 15) is 31.4 Å². The van der Waals surface area contributed by atoms with Gasteiger partial charge in [-0.2, -0.15) is 26.3 Å². The highest BCUT2D eigenvalue weighted by molar-refractivity contribution is 5.15. The van der Waals surface area contributed by atoms with Crippen molar-refractivity contribution in [3.8, 4) is 0 Å². The number of ether oxygens (including phenoxy) is 1. The van der Waals surface area contributed by atoms with Gasteiger partial charge in [-0.05, 0) is 48.3 Å². The van der Waals surface area contributed by atoms with Crippen LogP contribution in [0.25, 0.3) is 0 Å². The zero-order valence-electron chi connectivity index (χ0n) is 13.7. The highest BCUT2D eigenvalue weighted by Crippen LogP contribution is 2.67. The number of methoxy groups -OCH3 is 1. The van der Waals surface area contributed by atoms with Crippen LogP contribution in [0.4, 0.5) is 26.3 Å². The molecular weight excluding hydrogens is 338 g/mol. The van der Waals surface area contributed by atoms with Gasteiger partial charge in [0.15, 0.2) is 0 Å². The third-order valence-electron chi connectivity index (χ3n) is 7.28. The van der Waals surface area contributed by atoms with E-state index in [0.29, 0.717) is 7.11 Å². The number of fused-ring (bicyclic) bond motifs is 5. The molecular formula is C16H22F6O2. The van der Waals surface area contributed by atoms with Crippen molar-refractivity contribution in [1.29, 1.82) is 0 Å². The zero-order valence-corrected chi connectivity index (χ0v) is 13.7. The topological polar surface area (TPSA) is 29.5 Å². The van der Waals surface area contributed by atoms with Gasteiger partial charge in [-0.15, -0.1) is 0 Å². The molecule has 8 atom stereocenters. The predicted octanol–water partition coefficient (Wildman–Crippen LogP) is 4.03. The molecule has 0 aromatic rings. The first-order valence-corrected chi connectivity index (χ1v) is 8.25. The minimum absolute atomic E-state index is 0.00831. The van der Waals surface area contributed by atoms with Crippen molar-refractivity contribution in [2.75, 3.05) is 7.11 Å². The Morgan fingerprint density at radius 3 is 1.79 bits per heavy atom. The quantitative estimate of drug-likeness (QED) is 0.754. The SMILES string of the molecule is COC(C1CC2C3CC(C(C)C3C)C2C1O)(C(F)(F)F)C(F)(F)F. The van der Waals surface area contributed by atoms with E-state index in [2.05, 4.69) is 4.74 Å². The first-order chi connectivity index (χ1) is 10.9. The standard InChI is InChI=1S/C16H22F6O2/c1-6-7(2)9-4-8(6)10-5-11(13(23)12(9)10)14(24-3,15(17,18)19)16(20,21)22/h6-13,23H,4-5H2,1-3H3. The highest BCUT2D eigenvalue weighted by Gasteiger charge is 2.79. The summed E-state index contributed by atoms with van der Waals surface area (Å²) in [6, 6.07) is 0. The summed E-state index contributed by atoms with van der Waals surface area (Å²) in [5.41, 5.74) is -4.31. The van der Waals surface area contributed by atoms with Crippen LogP contribution in [0.3, 0.4) is 0 Å². The Morgan fingerprint density at radius 2 is 1.33 bits per heavy atom. The van der Waals surface area contributed by atoms with E-state index in [0.717, 1.165) is 6.42 Å². The average molecular weight is 360 g/mol. The predicted molar refractivity (Wildman–Crippen MR) is 72.9 cm³/mol. The van der Waals surface area contributed by atoms with Crippen LogP contribution in [0, 0.1) is 41.4 Å². The number of alkyl halides is 6. The molecule has 0 heterocycles. The number of rotatable bonds is 2. The van der Waals surface area contributed by atoms with E-state index >= 15 is 0 Å². The second kappa shape index (κ2) is 5.25. The van der Waals surface area contributed by atoms with Crippen molar-refractivity contribution in [1.82, 2.24) is 0 Å². The van der Waals surface area contributed by atoms with Gasteiger partial charge in [0, 0.05) is 13.0 Å². The minimum atomic E-state index is -5.64. The van der Waals surface area contributed by atoms with Gasteiger partial charge in [0.25, 0.3) is 5.60 Å². The van der Waals surface area contributed by atoms with Crippen molar-refractivity contribution in [2.24, 2.45) is 41.4 Å². The normalized spacial score (nSPS) is 45.8. The second-order valence-electron chi connectivity index (χ2n) is 7.79. The van der Waals surface area contributed by atoms with Crippen molar-refractivity contribution < 1.29 is 36.2 Å². The first-order valence-electron chi connectivity index (χ1n) is 8.25. The van der Waals surface area contributed by atoms with Crippen molar-refractivity contribution in [3.05, 3.63) is 0 Å². The Morgan fingerprint density at radius 1 is 0.833 bits per heavy atom. The van der Waals surface area contributed by atoms with Crippen molar-refractivity contribution in [2.45, 2.75) is 50.7 Å². The van der Waals surface area contributed by atoms with E-state index in [1.54, 1.807) is 0 Å². The lowest BCUT2D eigenvalue weighted by molar-refractivity contribution is -0.397. The van der Waals surface area contributed by atoms with Gasteiger partial charge in [0.05, 0.1) is 6.10 Å². The number of halogens is 6. The lowest BCUT2D eigenvalue weighted by Gasteiger charge is -2.42. The number of aliphatic hydroxyl groups is 1. The van der Waals surface area contributed by atoms with E-state index in [-0.39, 0.29) is 36.0 Å². The molecule has 0 aromatic carbocycles. The largest absolute Gasteiger partial charge is 0.426 e. The van der Waals surface area contributed by atoms with E-state index in [1.165, 1.54) is 0 Å². The molecule has 1 N–H and O–H groups in total. The Labute approximate surface area is 136 Å². The number of aliphatic hydroxyl groups excluding tert-OH is 1. The van der Waals surface area contributed by atoms with Crippen LogP contribution in [-0.4, -0.2) is 36.3 Å². The third-order valence-corrected chi connectivity index (χ3v) is 7.28. The van der Waals surface area contributed by atoms with Crippen LogP contribution in [-0.2, 0) is 4.74 Å². The number of hydrogen-bond acceptors (Lipinski definition) is 2. The van der Waals surface area contributed by atoms with Crippen molar-refractivity contribution >= 4 is 0 Å². The summed E-state index contributed by atoms with van der Waals surface area (Å²) in [6.07, 6.45) is -12.4. The summed E-state index contributed by atoms with van der Waals surface area (Å²) < 4.78 is 85.0. The Bertz CT molecular complexity index is 488. The van der Waals surface area contributed by atoms with Gasteiger partial charge in [0.2, 0.25) is 0 Å². The summed E-state index contributed by atoms with van der Waals surface area (Å²) in [5.74, 6) is -2.25. The molecule has 2 nitrogen and oxygen atoms in total. The molecule has 0 aromatic heterocycles. The summed E-state index contributed by atoms with van der Waals surface area (Å²) in [7, 11) is 0.432. The minimum Gasteiger partial charge on any atom is -0.392 e. The molecule has 2 bridgehead atoms. The maximum absolute atomic E-state index is 13.5. The molecule has 3 rings (SSSR count). The molecule has 0 aliphatic heterocycles. The zero-order chi connectivity index (χ0) is 18.2. The van der Waals surface area contributed by atoms with Crippen LogP contribution in [0.2, 0.25) is 0 Å².